The lowest BCUT2D eigenvalue weighted by Crippen LogP contribution is -2.48. The maximum atomic E-state index is 13.3. The minimum absolute atomic E-state index is 0.128. The third kappa shape index (κ3) is 3.20. The van der Waals surface area contributed by atoms with Gasteiger partial charge in [0.05, 0.1) is 10.5 Å². The van der Waals surface area contributed by atoms with E-state index < -0.39 is 0 Å². The smallest absolute Gasteiger partial charge is 0.268 e. The fourth-order valence-electron chi connectivity index (χ4n) is 2.64. The molecule has 0 bridgehead atoms. The van der Waals surface area contributed by atoms with Gasteiger partial charge in [-0.15, -0.1) is 0 Å². The van der Waals surface area contributed by atoms with Crippen molar-refractivity contribution in [1.29, 1.82) is 0 Å². The summed E-state index contributed by atoms with van der Waals surface area (Å²) in [5.74, 6) is -0.508. The maximum absolute atomic E-state index is 13.3. The highest BCUT2D eigenvalue weighted by Gasteiger charge is 2.25. The number of carbonyl (C=O) groups excluding carboxylic acids is 1. The van der Waals surface area contributed by atoms with Crippen LogP contribution < -0.4 is 5.43 Å². The lowest BCUT2D eigenvalue weighted by Gasteiger charge is -2.34. The third-order valence-corrected chi connectivity index (χ3v) is 4.41. The van der Waals surface area contributed by atoms with Crippen LogP contribution in [-0.2, 0) is 0 Å². The average molecular weight is 363 g/mol. The number of benzene rings is 2. The van der Waals surface area contributed by atoms with E-state index in [0.29, 0.717) is 16.6 Å². The predicted octanol–water partition coefficient (Wildman–Crippen LogP) is 4.07. The number of rotatable bonds is 2. The maximum Gasteiger partial charge on any atom is 0.268 e. The molecule has 1 amide bonds. The molecule has 1 aliphatic rings. The van der Waals surface area contributed by atoms with E-state index in [1.54, 1.807) is 5.01 Å². The van der Waals surface area contributed by atoms with Crippen molar-refractivity contribution in [1.82, 2.24) is 10.4 Å². The molecule has 0 spiro atoms. The van der Waals surface area contributed by atoms with Gasteiger partial charge in [-0.2, -0.15) is 0 Å². The molecule has 0 saturated carbocycles. The first-order valence-electron chi connectivity index (χ1n) is 7.23. The number of hydrogen-bond donors (Lipinski definition) is 1. The molecule has 1 fully saturated rings. The quantitative estimate of drug-likeness (QED) is 0.873. The Kier molecular flexibility index (Phi) is 4.55. The zero-order valence-electron chi connectivity index (χ0n) is 11.9. The molecule has 1 heterocycles. The van der Waals surface area contributed by atoms with Crippen LogP contribution in [0.2, 0.25) is 0 Å². The van der Waals surface area contributed by atoms with Crippen LogP contribution in [0.1, 0.15) is 34.8 Å². The van der Waals surface area contributed by atoms with Gasteiger partial charge in [0.2, 0.25) is 0 Å². The van der Waals surface area contributed by atoms with E-state index in [-0.39, 0.29) is 17.8 Å². The Morgan fingerprint density at radius 1 is 1.23 bits per heavy atom. The minimum atomic E-state index is -0.370. The first-order chi connectivity index (χ1) is 10.6. The Balaban J connectivity index is 1.76. The highest BCUT2D eigenvalue weighted by atomic mass is 79.9. The molecule has 0 radical (unpaired) electrons. The molecule has 2 aromatic carbocycles. The zero-order valence-corrected chi connectivity index (χ0v) is 13.5. The number of amides is 1. The summed E-state index contributed by atoms with van der Waals surface area (Å²) < 4.78 is 13.6. The predicted molar refractivity (Wildman–Crippen MR) is 86.7 cm³/mol. The lowest BCUT2D eigenvalue weighted by molar-refractivity contribution is 0.0533. The highest BCUT2D eigenvalue weighted by Crippen LogP contribution is 2.24. The Bertz CT molecular complexity index is 678. The molecule has 0 aliphatic carbocycles. The average Bonchev–Trinajstić information content (AvgIpc) is 2.57. The first-order valence-corrected chi connectivity index (χ1v) is 8.02. The molecule has 2 aromatic rings. The van der Waals surface area contributed by atoms with Crippen LogP contribution in [0.3, 0.4) is 0 Å². The van der Waals surface area contributed by atoms with Crippen molar-refractivity contribution in [2.75, 3.05) is 6.54 Å². The number of carbonyl (C=O) groups is 1. The molecule has 0 aromatic heterocycles. The molecule has 22 heavy (non-hydrogen) atoms. The molecular weight excluding hydrogens is 347 g/mol. The second-order valence-corrected chi connectivity index (χ2v) is 6.17. The molecule has 1 aliphatic heterocycles. The number of hydrogen-bond acceptors (Lipinski definition) is 2. The van der Waals surface area contributed by atoms with Gasteiger partial charge in [-0.3, -0.25) is 9.80 Å². The van der Waals surface area contributed by atoms with Crippen molar-refractivity contribution < 1.29 is 9.18 Å². The Morgan fingerprint density at radius 3 is 2.73 bits per heavy atom. The first kappa shape index (κ1) is 15.2. The Morgan fingerprint density at radius 2 is 2.00 bits per heavy atom. The normalized spacial score (nSPS) is 18.3. The number of hydrazine groups is 1. The van der Waals surface area contributed by atoms with Crippen LogP contribution in [0.25, 0.3) is 0 Å². The van der Waals surface area contributed by atoms with E-state index in [4.69, 9.17) is 0 Å². The van der Waals surface area contributed by atoms with Crippen LogP contribution in [0.4, 0.5) is 4.39 Å². The summed E-state index contributed by atoms with van der Waals surface area (Å²) in [6, 6.07) is 14.5. The van der Waals surface area contributed by atoms with Crippen LogP contribution >= 0.6 is 15.9 Å². The second-order valence-electron chi connectivity index (χ2n) is 5.32. The van der Waals surface area contributed by atoms with E-state index in [1.807, 2.05) is 18.2 Å². The fraction of sp³-hybridized carbons (Fsp3) is 0.235. The van der Waals surface area contributed by atoms with E-state index >= 15 is 0 Å². The number of halogens is 2. The van der Waals surface area contributed by atoms with Crippen molar-refractivity contribution in [2.24, 2.45) is 0 Å². The Labute approximate surface area is 137 Å². The van der Waals surface area contributed by atoms with Crippen molar-refractivity contribution in [3.8, 4) is 0 Å². The van der Waals surface area contributed by atoms with E-state index in [1.165, 1.54) is 23.8 Å². The van der Waals surface area contributed by atoms with E-state index in [2.05, 4.69) is 33.5 Å². The van der Waals surface area contributed by atoms with Gasteiger partial charge in [0.15, 0.2) is 0 Å². The molecule has 114 valence electrons. The zero-order chi connectivity index (χ0) is 15.5. The molecule has 1 atom stereocenters. The summed E-state index contributed by atoms with van der Waals surface area (Å²) in [4.78, 5) is 12.6. The SMILES string of the molecule is O=C(c1ccc(F)c(Br)c1)N1CCCC(c2ccccc2)N1. The highest BCUT2D eigenvalue weighted by molar-refractivity contribution is 9.10. The molecule has 3 nitrogen and oxygen atoms in total. The van der Waals surface area contributed by atoms with Gasteiger partial charge in [-0.25, -0.2) is 9.82 Å². The van der Waals surface area contributed by atoms with Crippen LogP contribution in [0, 0.1) is 5.82 Å². The van der Waals surface area contributed by atoms with Gasteiger partial charge in [0.25, 0.3) is 5.91 Å². The van der Waals surface area contributed by atoms with Crippen molar-refractivity contribution in [3.05, 3.63) is 69.9 Å². The molecule has 3 rings (SSSR count). The van der Waals surface area contributed by atoms with Crippen LogP contribution in [0.15, 0.2) is 53.0 Å². The standard InChI is InChI=1S/C17H16BrFN2O/c18-14-11-13(8-9-15(14)19)17(22)21-10-4-7-16(20-21)12-5-2-1-3-6-12/h1-3,5-6,8-9,11,16,20H,4,7,10H2. The molecular formula is C17H16BrFN2O. The summed E-state index contributed by atoms with van der Waals surface area (Å²) in [6.07, 6.45) is 1.92. The molecule has 1 saturated heterocycles. The van der Waals surface area contributed by atoms with Crippen molar-refractivity contribution >= 4 is 21.8 Å². The largest absolute Gasteiger partial charge is 0.273 e. The Hall–Kier alpha value is -1.72. The minimum Gasteiger partial charge on any atom is -0.273 e. The van der Waals surface area contributed by atoms with Crippen LogP contribution in [-0.4, -0.2) is 17.5 Å². The summed E-state index contributed by atoms with van der Waals surface area (Å²) in [6.45, 7) is 0.650. The van der Waals surface area contributed by atoms with Gasteiger partial charge in [-0.1, -0.05) is 30.3 Å². The van der Waals surface area contributed by atoms with Crippen molar-refractivity contribution in [3.63, 3.8) is 0 Å². The summed E-state index contributed by atoms with van der Waals surface area (Å²) in [7, 11) is 0. The summed E-state index contributed by atoms with van der Waals surface area (Å²) >= 11 is 3.12. The fourth-order valence-corrected chi connectivity index (χ4v) is 3.02. The summed E-state index contributed by atoms with van der Waals surface area (Å²) in [5.41, 5.74) is 4.91. The van der Waals surface area contributed by atoms with Gasteiger partial charge in [0.1, 0.15) is 5.82 Å². The van der Waals surface area contributed by atoms with Gasteiger partial charge >= 0.3 is 0 Å². The van der Waals surface area contributed by atoms with Crippen LogP contribution in [0.5, 0.6) is 0 Å². The molecule has 1 unspecified atom stereocenters. The topological polar surface area (TPSA) is 32.3 Å². The van der Waals surface area contributed by atoms with Crippen molar-refractivity contribution in [2.45, 2.75) is 18.9 Å². The second kappa shape index (κ2) is 6.58. The summed E-state index contributed by atoms with van der Waals surface area (Å²) in [5, 5.41) is 1.63. The third-order valence-electron chi connectivity index (χ3n) is 3.80. The van der Waals surface area contributed by atoms with Gasteiger partial charge in [-0.05, 0) is 52.5 Å². The number of nitrogens with one attached hydrogen (secondary N) is 1. The van der Waals surface area contributed by atoms with Gasteiger partial charge < -0.3 is 0 Å². The molecule has 1 N–H and O–H groups in total. The van der Waals surface area contributed by atoms with Gasteiger partial charge in [0, 0.05) is 12.1 Å². The number of nitrogens with zero attached hydrogens (tertiary/aromatic N) is 1. The molecule has 5 heteroatoms. The van der Waals surface area contributed by atoms with E-state index in [9.17, 15) is 9.18 Å². The lowest BCUT2D eigenvalue weighted by atomic mass is 10.0. The van der Waals surface area contributed by atoms with E-state index in [0.717, 1.165) is 12.8 Å². The monoisotopic (exact) mass is 362 g/mol.